The molecule has 11 heteroatoms. The molecule has 298 valence electrons. The third kappa shape index (κ3) is 5.83. The Morgan fingerprint density at radius 1 is 0.373 bits per heavy atom. The van der Waals surface area contributed by atoms with E-state index < -0.39 is 11.9 Å². The van der Waals surface area contributed by atoms with Gasteiger partial charge in [-0.3, -0.25) is 0 Å². The number of hydrogen-bond donors (Lipinski definition) is 0. The van der Waals surface area contributed by atoms with E-state index in [1.54, 1.807) is 0 Å². The summed E-state index contributed by atoms with van der Waals surface area (Å²) in [6, 6.07) is 26.1. The van der Waals surface area contributed by atoms with Crippen molar-refractivity contribution in [2.24, 2.45) is 30.0 Å². The van der Waals surface area contributed by atoms with Gasteiger partial charge in [-0.2, -0.15) is 0 Å². The molecule has 4 aliphatic rings. The van der Waals surface area contributed by atoms with Gasteiger partial charge in [-0.1, -0.05) is 0 Å². The second kappa shape index (κ2) is 12.2. The number of amidine groups is 4. The van der Waals surface area contributed by atoms with Gasteiger partial charge in [0, 0.05) is 0 Å². The zero-order valence-electron chi connectivity index (χ0n) is 35.8. The molecule has 4 aliphatic heterocycles. The summed E-state index contributed by atoms with van der Waals surface area (Å²) in [5.74, 6) is 3.47. The fourth-order valence-electron chi connectivity index (χ4n) is 8.48. The van der Waals surface area contributed by atoms with Crippen molar-refractivity contribution in [3.05, 3.63) is 128 Å². The maximum atomic E-state index is 8.25. The summed E-state index contributed by atoms with van der Waals surface area (Å²) in [5, 5.41) is 3.55. The predicted molar refractivity (Wildman–Crippen MR) is 248 cm³/mol. The molecular weight excluding hydrogens is 832 g/mol. The van der Waals surface area contributed by atoms with Gasteiger partial charge in [-0.05, 0) is 0 Å². The summed E-state index contributed by atoms with van der Waals surface area (Å²) in [5.41, 5.74) is 9.02. The van der Waals surface area contributed by atoms with Crippen molar-refractivity contribution in [1.82, 2.24) is 7.05 Å². The molecule has 0 unspecified atom stereocenters. The molecule has 6 bridgehead atoms. The fraction of sp³-hybridized carbons (Fsp3) is 0.333. The summed E-state index contributed by atoms with van der Waals surface area (Å²) in [6.07, 6.45) is 0. The Balaban J connectivity index is 1.46. The molecule has 4 aromatic carbocycles. The first kappa shape index (κ1) is 38.6. The van der Waals surface area contributed by atoms with Gasteiger partial charge in [0.2, 0.25) is 0 Å². The molecule has 2 aromatic heterocycles. The van der Waals surface area contributed by atoms with E-state index in [9.17, 15) is 0 Å². The molecule has 0 fully saturated rings. The minimum absolute atomic E-state index is 0.102. The number of aliphatic imine (C=N–C) groups is 4. The number of halogens is 2. The van der Waals surface area contributed by atoms with Crippen molar-refractivity contribution in [2.45, 2.75) is 105 Å². The standard InChI is InChI=1S/C48H48Cl2GeN8/c1-45(2,3)25-13-17-29-33(21-25)39-52-37(29)54-41-31-19-15-27(47(7,8)9)23-35(31)43-55-38-30-18-14-26(46(4,5)6)22-34(30)40(53-38)57-44-36-24-28(48(10,11)12)16-20-32(36)42(56-39)59(44)51(49,50)58(41)43/h13-24H,1-12H3. The van der Waals surface area contributed by atoms with Crippen LogP contribution in [-0.2, 0) is 21.7 Å². The van der Waals surface area contributed by atoms with Crippen LogP contribution in [0.5, 0.6) is 0 Å². The molecule has 0 N–H and O–H groups in total. The second-order valence-electron chi connectivity index (χ2n) is 20.5. The van der Waals surface area contributed by atoms with Gasteiger partial charge in [-0.15, -0.1) is 0 Å². The fourth-order valence-corrected chi connectivity index (χ4v) is 15.8. The normalized spacial score (nSPS) is 16.8. The van der Waals surface area contributed by atoms with E-state index in [0.29, 0.717) is 46.0 Å². The van der Waals surface area contributed by atoms with E-state index >= 15 is 0 Å². The zero-order chi connectivity index (χ0) is 41.9. The Labute approximate surface area is 356 Å². The molecule has 6 heterocycles. The topological polar surface area (TPSA) is 84.0 Å². The van der Waals surface area contributed by atoms with Crippen LogP contribution in [-0.4, -0.2) is 42.2 Å². The van der Waals surface area contributed by atoms with Crippen LogP contribution < -0.4 is 11.0 Å². The van der Waals surface area contributed by atoms with Crippen molar-refractivity contribution in [3.8, 4) is 0 Å². The molecule has 0 aliphatic carbocycles. The zero-order valence-corrected chi connectivity index (χ0v) is 39.4. The molecule has 0 amide bonds. The van der Waals surface area contributed by atoms with Crippen LogP contribution in [0.25, 0.3) is 21.5 Å². The number of benzene rings is 4. The van der Waals surface area contributed by atoms with Gasteiger partial charge in [0.1, 0.15) is 0 Å². The molecule has 0 spiro atoms. The number of rotatable bonds is 0. The number of fused-ring (bicyclic) bond motifs is 14. The van der Waals surface area contributed by atoms with Gasteiger partial charge >= 0.3 is 358 Å². The molecule has 0 atom stereocenters. The molecule has 8 nitrogen and oxygen atoms in total. The van der Waals surface area contributed by atoms with Crippen LogP contribution in [0.15, 0.2) is 103 Å². The van der Waals surface area contributed by atoms with Crippen molar-refractivity contribution in [3.63, 3.8) is 0 Å². The first-order valence-corrected chi connectivity index (χ1v) is 27.7. The average molecular weight is 880 g/mol. The van der Waals surface area contributed by atoms with Crippen LogP contribution in [0.3, 0.4) is 0 Å². The maximum absolute atomic E-state index is 8.25. The van der Waals surface area contributed by atoms with Gasteiger partial charge in [-0.25, -0.2) is 0 Å². The van der Waals surface area contributed by atoms with E-state index in [0.717, 1.165) is 54.9 Å². The Morgan fingerprint density at radius 3 is 1.22 bits per heavy atom. The van der Waals surface area contributed by atoms with E-state index in [1.165, 1.54) is 11.1 Å². The van der Waals surface area contributed by atoms with Crippen LogP contribution >= 0.6 is 20.0 Å². The number of nitrogens with zero attached hydrogens (tertiary/aromatic N) is 8. The average Bonchev–Trinajstić information content (AvgIpc) is 3.85. The summed E-state index contributed by atoms with van der Waals surface area (Å²) < 4.78 is 4.05. The summed E-state index contributed by atoms with van der Waals surface area (Å²) in [7, 11) is 16.5. The van der Waals surface area contributed by atoms with Gasteiger partial charge < -0.3 is 0 Å². The van der Waals surface area contributed by atoms with Gasteiger partial charge in [0.15, 0.2) is 0 Å². The van der Waals surface area contributed by atoms with E-state index in [1.807, 2.05) is 7.05 Å². The van der Waals surface area contributed by atoms with Crippen molar-refractivity contribution >= 4 is 88.4 Å². The van der Waals surface area contributed by atoms with Gasteiger partial charge in [0.05, 0.1) is 0 Å². The van der Waals surface area contributed by atoms with E-state index in [4.69, 9.17) is 50.0 Å². The van der Waals surface area contributed by atoms with Crippen molar-refractivity contribution in [1.29, 1.82) is 0 Å². The first-order valence-electron chi connectivity index (χ1n) is 20.4. The van der Waals surface area contributed by atoms with Crippen molar-refractivity contribution < 1.29 is 0 Å². The van der Waals surface area contributed by atoms with Crippen LogP contribution in [0.4, 0.5) is 11.6 Å². The van der Waals surface area contributed by atoms with Crippen LogP contribution in [0.1, 0.15) is 128 Å². The third-order valence-electron chi connectivity index (χ3n) is 12.1. The molecule has 6 aromatic rings. The molecule has 10 rings (SSSR count). The van der Waals surface area contributed by atoms with Gasteiger partial charge in [0.25, 0.3) is 0 Å². The van der Waals surface area contributed by atoms with Crippen molar-refractivity contribution in [2.75, 3.05) is 0 Å². The molecule has 0 radical (unpaired) electrons. The summed E-state index contributed by atoms with van der Waals surface area (Å²) >= 11 is -4.82. The third-order valence-corrected chi connectivity index (χ3v) is 19.7. The SMILES string of the molecule is CC(C)(C)c1ccc2c(c1)C1=Nc3c4ccc(C(C)(C)C)cc4c4[n]3[Ge]([Cl])([Cl])[n]3c(c5ccc(C(C)(C)C)cc5c3=NC3=NC(=N4)c4cc(C(C)(C)C)ccc43)=NC2=N1. The van der Waals surface area contributed by atoms with E-state index in [2.05, 4.69) is 156 Å². The Kier molecular flexibility index (Phi) is 7.99. The monoisotopic (exact) mass is 880 g/mol. The van der Waals surface area contributed by atoms with Crippen LogP contribution in [0.2, 0.25) is 0 Å². The molecular formula is C48H48Cl2GeN8. The summed E-state index contributed by atoms with van der Waals surface area (Å²) in [4.78, 5) is 32.5. The molecule has 0 saturated carbocycles. The van der Waals surface area contributed by atoms with Crippen LogP contribution in [0, 0.1) is 0 Å². The summed E-state index contributed by atoms with van der Waals surface area (Å²) in [6.45, 7) is 26.6. The Hall–Kier alpha value is -4.64. The van der Waals surface area contributed by atoms with E-state index in [-0.39, 0.29) is 21.7 Å². The first-order chi connectivity index (χ1) is 27.5. The minimum atomic E-state index is -4.82. The number of hydrogen-bond acceptors (Lipinski definition) is 6. The Morgan fingerprint density at radius 2 is 0.746 bits per heavy atom. The predicted octanol–water partition coefficient (Wildman–Crippen LogP) is 11.0. The second-order valence-corrected chi connectivity index (χ2v) is 31.0. The molecule has 0 saturated heterocycles. The molecule has 59 heavy (non-hydrogen) atoms. The number of aromatic nitrogens is 2. The quantitative estimate of drug-likeness (QED) is 0.136. The Bertz CT molecular complexity index is 3160.